The molecule has 0 aliphatic carbocycles. The van der Waals surface area contributed by atoms with E-state index in [9.17, 15) is 0 Å². The van der Waals surface area contributed by atoms with Gasteiger partial charge < -0.3 is 0 Å². The van der Waals surface area contributed by atoms with E-state index in [1.54, 1.807) is 0 Å². The Bertz CT molecular complexity index is 8.00. The Hall–Kier alpha value is 2.66. The van der Waals surface area contributed by atoms with Gasteiger partial charge in [-0.15, -0.1) is 0 Å². The quantitative estimate of drug-likeness (QED) is 0.493. The zero-order valence-electron chi connectivity index (χ0n) is 1.99. The van der Waals surface area contributed by atoms with Gasteiger partial charge in [-0.25, -0.2) is 0 Å². The second kappa shape index (κ2) is 17.4. The molecule has 0 saturated heterocycles. The summed E-state index contributed by atoms with van der Waals surface area (Å²) >= 11 is 0. The Kier molecular flexibility index (Phi) is 131. The number of hydrogen-bond acceptors (Lipinski definition) is 0. The molecule has 7 radical (unpaired) electrons. The molecule has 0 aromatic rings. The van der Waals surface area contributed by atoms with Crippen LogP contribution in [0.15, 0.2) is 0 Å². The minimum absolute atomic E-state index is 0. The second-order valence-electron chi connectivity index (χ2n) is 0. The van der Waals surface area contributed by atoms with E-state index in [-0.39, 0.29) is 87.4 Å². The van der Waals surface area contributed by atoms with Gasteiger partial charge >= 0.3 is 0 Å². The van der Waals surface area contributed by atoms with Crippen LogP contribution in [0.3, 0.4) is 0 Å². The van der Waals surface area contributed by atoms with E-state index < -0.39 is 0 Å². The predicted octanol–water partition coefficient (Wildman–Crippen LogP) is -0.764. The SMILES string of the molecule is [Al].[Ce].[Cr].[Si]. The maximum Gasteiger partial charge on any atom is 0 e. The van der Waals surface area contributed by atoms with E-state index in [0.717, 1.165) is 0 Å². The zero-order chi connectivity index (χ0) is 0. The van der Waals surface area contributed by atoms with Crippen LogP contribution in [-0.2, 0) is 17.4 Å². The Morgan fingerprint density at radius 1 is 1.00 bits per heavy atom. The van der Waals surface area contributed by atoms with Crippen LogP contribution in [-0.4, -0.2) is 28.3 Å². The Morgan fingerprint density at radius 3 is 1.00 bits per heavy atom. The average molecular weight is 247 g/mol. The van der Waals surface area contributed by atoms with Gasteiger partial charge in [0.2, 0.25) is 0 Å². The van der Waals surface area contributed by atoms with Crippen LogP contribution >= 0.6 is 0 Å². The third kappa shape index (κ3) is 8.82. The summed E-state index contributed by atoms with van der Waals surface area (Å²) in [5.74, 6) is 0. The van der Waals surface area contributed by atoms with Gasteiger partial charge in [-0.1, -0.05) is 0 Å². The first kappa shape index (κ1) is 30.2. The van der Waals surface area contributed by atoms with Crippen LogP contribution in [0.5, 0.6) is 0 Å². The molecule has 0 N–H and O–H groups in total. The second-order valence-corrected chi connectivity index (χ2v) is 0. The summed E-state index contributed by atoms with van der Waals surface area (Å²) in [6.45, 7) is 0. The third-order valence-electron chi connectivity index (χ3n) is 0. The molecule has 0 aromatic heterocycles. The molecule has 0 atom stereocenters. The smallest absolute Gasteiger partial charge is 0 e. The van der Waals surface area contributed by atoms with Crippen LogP contribution in [0, 0.1) is 41.7 Å². The molecular weight excluding hydrogens is 247 g/mol. The topological polar surface area (TPSA) is 0 Å². The average Bonchev–Trinajstić information content (AvgIpc) is 0. The minimum Gasteiger partial charge on any atom is 0 e. The Balaban J connectivity index is 0. The van der Waals surface area contributed by atoms with Crippen LogP contribution in [0.4, 0.5) is 0 Å². The van der Waals surface area contributed by atoms with Gasteiger partial charge in [0.05, 0.1) is 0 Å². The molecule has 0 aliphatic heterocycles. The number of hydrogen-bond donors (Lipinski definition) is 0. The maximum absolute atomic E-state index is 0. The van der Waals surface area contributed by atoms with Gasteiger partial charge in [0, 0.05) is 87.4 Å². The van der Waals surface area contributed by atoms with E-state index in [1.165, 1.54) is 0 Å². The van der Waals surface area contributed by atoms with Gasteiger partial charge in [-0.2, -0.15) is 0 Å². The summed E-state index contributed by atoms with van der Waals surface area (Å²) in [6, 6.07) is 0. The van der Waals surface area contributed by atoms with Crippen molar-refractivity contribution in [2.45, 2.75) is 0 Å². The summed E-state index contributed by atoms with van der Waals surface area (Å²) in [5, 5.41) is 0. The molecule has 0 bridgehead atoms. The molecule has 0 nitrogen and oxygen atoms in total. The molecule has 0 rings (SSSR count). The largest absolute Gasteiger partial charge is 0 e. The van der Waals surface area contributed by atoms with E-state index in [2.05, 4.69) is 0 Å². The fourth-order valence-corrected chi connectivity index (χ4v) is 0. The van der Waals surface area contributed by atoms with Crippen molar-refractivity contribution in [2.75, 3.05) is 0 Å². The van der Waals surface area contributed by atoms with E-state index >= 15 is 0 Å². The van der Waals surface area contributed by atoms with Crippen LogP contribution in [0.25, 0.3) is 0 Å². The molecule has 17 valence electrons. The van der Waals surface area contributed by atoms with Crippen molar-refractivity contribution >= 4 is 28.3 Å². The molecule has 0 heterocycles. The van der Waals surface area contributed by atoms with Crippen LogP contribution in [0.2, 0.25) is 0 Å². The maximum atomic E-state index is 0. The van der Waals surface area contributed by atoms with Crippen molar-refractivity contribution in [3.63, 3.8) is 0 Å². The fraction of sp³-hybridized carbons (Fsp3) is 0. The molecular formula is AlCeCrSi. The normalized spacial score (nSPS) is 0. The zero-order valence-corrected chi connectivity index (χ0v) is 8.56. The molecule has 0 spiro atoms. The molecule has 0 amide bonds. The summed E-state index contributed by atoms with van der Waals surface area (Å²) in [5.41, 5.74) is 0. The molecule has 0 fully saturated rings. The van der Waals surface area contributed by atoms with Gasteiger partial charge in [-0.05, 0) is 0 Å². The summed E-state index contributed by atoms with van der Waals surface area (Å²) < 4.78 is 0. The fourth-order valence-electron chi connectivity index (χ4n) is 0. The van der Waals surface area contributed by atoms with Crippen LogP contribution < -0.4 is 0 Å². The molecule has 0 aromatic carbocycles. The number of rotatable bonds is 0. The first-order valence-corrected chi connectivity index (χ1v) is 0. The first-order valence-electron chi connectivity index (χ1n) is 0. The van der Waals surface area contributed by atoms with Gasteiger partial charge in [0.1, 0.15) is 0 Å². The van der Waals surface area contributed by atoms with Crippen molar-refractivity contribution in [1.82, 2.24) is 0 Å². The Morgan fingerprint density at radius 2 is 1.00 bits per heavy atom. The van der Waals surface area contributed by atoms with E-state index in [0.29, 0.717) is 0 Å². The molecule has 0 unspecified atom stereocenters. The van der Waals surface area contributed by atoms with E-state index in [4.69, 9.17) is 0 Å². The third-order valence-corrected chi connectivity index (χ3v) is 0. The summed E-state index contributed by atoms with van der Waals surface area (Å²) in [7, 11) is 0. The summed E-state index contributed by atoms with van der Waals surface area (Å²) in [6.07, 6.45) is 0. The molecule has 0 saturated carbocycles. The van der Waals surface area contributed by atoms with Crippen molar-refractivity contribution in [3.05, 3.63) is 0 Å². The molecule has 4 heavy (non-hydrogen) atoms. The van der Waals surface area contributed by atoms with Crippen molar-refractivity contribution in [3.8, 4) is 0 Å². The molecule has 0 aliphatic rings. The monoisotopic (exact) mass is 247 g/mol. The standard InChI is InChI=1S/Al.Ce.Cr.Si. The van der Waals surface area contributed by atoms with Crippen molar-refractivity contribution < 1.29 is 59.1 Å². The first-order chi connectivity index (χ1) is 0. The van der Waals surface area contributed by atoms with Crippen molar-refractivity contribution in [2.24, 2.45) is 0 Å². The minimum atomic E-state index is 0. The van der Waals surface area contributed by atoms with E-state index in [1.807, 2.05) is 0 Å². The van der Waals surface area contributed by atoms with Gasteiger partial charge in [0.15, 0.2) is 0 Å². The van der Waals surface area contributed by atoms with Gasteiger partial charge in [-0.3, -0.25) is 0 Å². The molecule has 4 heteroatoms. The predicted molar refractivity (Wildman–Crippen MR) is 11.5 cm³/mol. The summed E-state index contributed by atoms with van der Waals surface area (Å²) in [4.78, 5) is 0. The van der Waals surface area contributed by atoms with Crippen LogP contribution in [0.1, 0.15) is 0 Å². The van der Waals surface area contributed by atoms with Crippen molar-refractivity contribution in [1.29, 1.82) is 0 Å². The van der Waals surface area contributed by atoms with Gasteiger partial charge in [0.25, 0.3) is 0 Å². The Labute approximate surface area is 85.8 Å².